The number of halogens is 2. The fourth-order valence-corrected chi connectivity index (χ4v) is 2.47. The maximum atomic E-state index is 6.04. The van der Waals surface area contributed by atoms with E-state index in [1.165, 1.54) is 0 Å². The average Bonchev–Trinajstić information content (AvgIpc) is 2.17. The molecule has 1 rings (SSSR count). The largest absolute Gasteiger partial charge is 0.314 e. The minimum Gasteiger partial charge on any atom is -0.314 e. The summed E-state index contributed by atoms with van der Waals surface area (Å²) in [6, 6.07) is 6.08. The number of nitrogens with one attached hydrogen (secondary N) is 1. The molecule has 0 heterocycles. The van der Waals surface area contributed by atoms with Crippen LogP contribution in [0.25, 0.3) is 0 Å². The van der Waals surface area contributed by atoms with Gasteiger partial charge in [-0.25, -0.2) is 0 Å². The molecule has 84 valence electrons. The molecule has 4 heteroatoms. The van der Waals surface area contributed by atoms with Gasteiger partial charge in [-0.05, 0) is 18.2 Å². The molecule has 1 aromatic rings. The Kier molecular flexibility index (Phi) is 5.83. The van der Waals surface area contributed by atoms with Crippen LogP contribution in [0.3, 0.4) is 0 Å². The molecule has 0 aromatic heterocycles. The summed E-state index contributed by atoms with van der Waals surface area (Å²) >= 11 is 13.7. The number of hydrogen-bond donors (Lipinski definition) is 1. The zero-order chi connectivity index (χ0) is 11.3. The first-order valence-electron chi connectivity index (χ1n) is 4.91. The first-order chi connectivity index (χ1) is 7.09. The molecule has 0 unspecified atom stereocenters. The Morgan fingerprint density at radius 2 is 2.07 bits per heavy atom. The van der Waals surface area contributed by atoms with Crippen LogP contribution in [0.4, 0.5) is 0 Å². The second kappa shape index (κ2) is 6.64. The van der Waals surface area contributed by atoms with Crippen molar-refractivity contribution in [3.63, 3.8) is 0 Å². The van der Waals surface area contributed by atoms with E-state index in [0.29, 0.717) is 6.04 Å². The van der Waals surface area contributed by atoms with Gasteiger partial charge in [0.05, 0.1) is 5.02 Å². The summed E-state index contributed by atoms with van der Waals surface area (Å²) in [6.07, 6.45) is 0. The molecule has 15 heavy (non-hydrogen) atoms. The van der Waals surface area contributed by atoms with Crippen molar-refractivity contribution in [1.29, 1.82) is 0 Å². The Bertz CT molecular complexity index is 315. The molecule has 0 atom stereocenters. The van der Waals surface area contributed by atoms with Crippen molar-refractivity contribution in [3.8, 4) is 0 Å². The zero-order valence-electron chi connectivity index (χ0n) is 8.89. The Balaban J connectivity index is 2.40. The molecule has 1 nitrogen and oxygen atoms in total. The van der Waals surface area contributed by atoms with Crippen LogP contribution in [0, 0.1) is 0 Å². The highest BCUT2D eigenvalue weighted by molar-refractivity contribution is 7.99. The maximum Gasteiger partial charge on any atom is 0.0542 e. The molecule has 0 saturated heterocycles. The van der Waals surface area contributed by atoms with E-state index in [4.69, 9.17) is 23.2 Å². The van der Waals surface area contributed by atoms with Crippen molar-refractivity contribution < 1.29 is 0 Å². The van der Waals surface area contributed by atoms with E-state index in [1.807, 2.05) is 12.1 Å². The van der Waals surface area contributed by atoms with E-state index in [9.17, 15) is 0 Å². The summed E-state index contributed by atoms with van der Waals surface area (Å²) in [7, 11) is 0. The third kappa shape index (κ3) is 5.12. The summed E-state index contributed by atoms with van der Waals surface area (Å²) in [5.74, 6) is 0.998. The topological polar surface area (TPSA) is 12.0 Å². The monoisotopic (exact) mass is 263 g/mol. The SMILES string of the molecule is CC(C)NCCSc1cc(Cl)ccc1Cl. The maximum absolute atomic E-state index is 6.04. The normalized spacial score (nSPS) is 11.0. The third-order valence-electron chi connectivity index (χ3n) is 1.81. The molecule has 0 fully saturated rings. The predicted molar refractivity (Wildman–Crippen MR) is 70.3 cm³/mol. The highest BCUT2D eigenvalue weighted by Gasteiger charge is 2.01. The van der Waals surface area contributed by atoms with E-state index in [1.54, 1.807) is 17.8 Å². The lowest BCUT2D eigenvalue weighted by Gasteiger charge is -2.08. The molecular formula is C11H15Cl2NS. The van der Waals surface area contributed by atoms with E-state index in [0.717, 1.165) is 27.2 Å². The third-order valence-corrected chi connectivity index (χ3v) is 3.54. The second-order valence-corrected chi connectivity index (χ2v) is 5.51. The van der Waals surface area contributed by atoms with Crippen LogP contribution < -0.4 is 5.32 Å². The van der Waals surface area contributed by atoms with Gasteiger partial charge in [-0.15, -0.1) is 11.8 Å². The molecule has 1 aromatic carbocycles. The fraction of sp³-hybridized carbons (Fsp3) is 0.455. The molecule has 0 bridgehead atoms. The zero-order valence-corrected chi connectivity index (χ0v) is 11.2. The molecule has 0 spiro atoms. The molecule has 0 aliphatic heterocycles. The van der Waals surface area contributed by atoms with Gasteiger partial charge in [0.1, 0.15) is 0 Å². The van der Waals surface area contributed by atoms with Crippen molar-refractivity contribution in [3.05, 3.63) is 28.2 Å². The summed E-state index contributed by atoms with van der Waals surface area (Å²) < 4.78 is 0. The van der Waals surface area contributed by atoms with Gasteiger partial charge in [0, 0.05) is 28.3 Å². The lowest BCUT2D eigenvalue weighted by atomic mass is 10.4. The average molecular weight is 264 g/mol. The first kappa shape index (κ1) is 13.2. The van der Waals surface area contributed by atoms with E-state index in [-0.39, 0.29) is 0 Å². The van der Waals surface area contributed by atoms with Gasteiger partial charge >= 0.3 is 0 Å². The first-order valence-corrected chi connectivity index (χ1v) is 6.65. The smallest absolute Gasteiger partial charge is 0.0542 e. The van der Waals surface area contributed by atoms with E-state index < -0.39 is 0 Å². The van der Waals surface area contributed by atoms with Gasteiger partial charge in [0.15, 0.2) is 0 Å². The van der Waals surface area contributed by atoms with Crippen molar-refractivity contribution in [2.45, 2.75) is 24.8 Å². The Morgan fingerprint density at radius 1 is 1.33 bits per heavy atom. The lowest BCUT2D eigenvalue weighted by Crippen LogP contribution is -2.24. The van der Waals surface area contributed by atoms with Gasteiger partial charge in [-0.2, -0.15) is 0 Å². The molecule has 0 aliphatic rings. The highest BCUT2D eigenvalue weighted by Crippen LogP contribution is 2.29. The summed E-state index contributed by atoms with van der Waals surface area (Å²) in [4.78, 5) is 1.05. The van der Waals surface area contributed by atoms with Crippen LogP contribution >= 0.6 is 35.0 Å². The van der Waals surface area contributed by atoms with Crippen LogP contribution in [0.1, 0.15) is 13.8 Å². The summed E-state index contributed by atoms with van der Waals surface area (Å²) in [5.41, 5.74) is 0. The molecule has 0 aliphatic carbocycles. The Labute approximate surface area is 106 Å². The number of hydrogen-bond acceptors (Lipinski definition) is 2. The van der Waals surface area contributed by atoms with E-state index >= 15 is 0 Å². The Morgan fingerprint density at radius 3 is 2.73 bits per heavy atom. The van der Waals surface area contributed by atoms with Gasteiger partial charge in [-0.1, -0.05) is 37.0 Å². The summed E-state index contributed by atoms with van der Waals surface area (Å²) in [6.45, 7) is 5.25. The van der Waals surface area contributed by atoms with Crippen LogP contribution in [0.2, 0.25) is 10.0 Å². The molecule has 0 radical (unpaired) electrons. The van der Waals surface area contributed by atoms with Gasteiger partial charge in [-0.3, -0.25) is 0 Å². The predicted octanol–water partition coefficient (Wildman–Crippen LogP) is 4.08. The fourth-order valence-electron chi connectivity index (χ4n) is 1.10. The number of benzene rings is 1. The quantitative estimate of drug-likeness (QED) is 0.635. The van der Waals surface area contributed by atoms with Crippen molar-refractivity contribution in [2.24, 2.45) is 0 Å². The van der Waals surface area contributed by atoms with Gasteiger partial charge < -0.3 is 5.32 Å². The van der Waals surface area contributed by atoms with Crippen molar-refractivity contribution >= 4 is 35.0 Å². The van der Waals surface area contributed by atoms with Crippen LogP contribution in [-0.2, 0) is 0 Å². The lowest BCUT2D eigenvalue weighted by molar-refractivity contribution is 0.616. The molecular weight excluding hydrogens is 249 g/mol. The highest BCUT2D eigenvalue weighted by atomic mass is 35.5. The minimum absolute atomic E-state index is 0.528. The van der Waals surface area contributed by atoms with Gasteiger partial charge in [0.2, 0.25) is 0 Å². The Hall–Kier alpha value is 0.110. The van der Waals surface area contributed by atoms with E-state index in [2.05, 4.69) is 19.2 Å². The molecule has 1 N–H and O–H groups in total. The minimum atomic E-state index is 0.528. The van der Waals surface area contributed by atoms with Crippen LogP contribution in [-0.4, -0.2) is 18.3 Å². The molecule has 0 amide bonds. The van der Waals surface area contributed by atoms with Crippen molar-refractivity contribution in [2.75, 3.05) is 12.3 Å². The standard InChI is InChI=1S/C11H15Cl2NS/c1-8(2)14-5-6-15-11-7-9(12)3-4-10(11)13/h3-4,7-8,14H,5-6H2,1-2H3. The number of thioether (sulfide) groups is 1. The van der Waals surface area contributed by atoms with Gasteiger partial charge in [0.25, 0.3) is 0 Å². The molecule has 0 saturated carbocycles. The van der Waals surface area contributed by atoms with Crippen LogP contribution in [0.15, 0.2) is 23.1 Å². The second-order valence-electron chi connectivity index (χ2n) is 3.53. The van der Waals surface area contributed by atoms with Crippen LogP contribution in [0.5, 0.6) is 0 Å². The summed E-state index contributed by atoms with van der Waals surface area (Å²) in [5, 5.41) is 4.86. The number of rotatable bonds is 5. The van der Waals surface area contributed by atoms with Crippen molar-refractivity contribution in [1.82, 2.24) is 5.32 Å².